The Morgan fingerprint density at radius 3 is 2.68 bits per heavy atom. The van der Waals surface area contributed by atoms with E-state index in [1.54, 1.807) is 0 Å². The summed E-state index contributed by atoms with van der Waals surface area (Å²) in [5, 5.41) is 0. The summed E-state index contributed by atoms with van der Waals surface area (Å²) in [4.78, 5) is 12.0. The van der Waals surface area contributed by atoms with Crippen molar-refractivity contribution in [3.63, 3.8) is 0 Å². The average molecular weight is 260 g/mol. The first-order chi connectivity index (χ1) is 9.09. The molecule has 0 bridgehead atoms. The summed E-state index contributed by atoms with van der Waals surface area (Å²) in [6.45, 7) is 5.74. The predicted molar refractivity (Wildman–Crippen MR) is 76.8 cm³/mol. The van der Waals surface area contributed by atoms with E-state index in [2.05, 4.69) is 26.0 Å². The molecule has 2 rings (SSSR count). The molecule has 2 heteroatoms. The summed E-state index contributed by atoms with van der Waals surface area (Å²) in [7, 11) is 0. The first-order valence-electron chi connectivity index (χ1n) is 7.24. The van der Waals surface area contributed by atoms with Crippen LogP contribution in [0.25, 0.3) is 0 Å². The van der Waals surface area contributed by atoms with Gasteiger partial charge in [-0.15, -0.1) is 0 Å². The lowest BCUT2D eigenvalue weighted by Gasteiger charge is -2.37. The highest BCUT2D eigenvalue weighted by atomic mass is 16.5. The molecule has 104 valence electrons. The molecule has 0 N–H and O–H groups in total. The lowest BCUT2D eigenvalue weighted by molar-refractivity contribution is -0.130. The monoisotopic (exact) mass is 260 g/mol. The molecule has 1 unspecified atom stereocenters. The smallest absolute Gasteiger partial charge is 0.136 e. The summed E-state index contributed by atoms with van der Waals surface area (Å²) in [6, 6.07) is 10.2. The van der Waals surface area contributed by atoms with Gasteiger partial charge in [0.05, 0.1) is 6.61 Å². The van der Waals surface area contributed by atoms with E-state index in [0.29, 0.717) is 19.0 Å². The molecule has 1 fully saturated rings. The second-order valence-electron chi connectivity index (χ2n) is 6.19. The van der Waals surface area contributed by atoms with Crippen molar-refractivity contribution in [2.75, 3.05) is 6.61 Å². The van der Waals surface area contributed by atoms with Gasteiger partial charge in [0, 0.05) is 18.9 Å². The Balaban J connectivity index is 1.77. The van der Waals surface area contributed by atoms with Crippen LogP contribution in [0.15, 0.2) is 30.3 Å². The minimum absolute atomic E-state index is 0.144. The van der Waals surface area contributed by atoms with Crippen LogP contribution in [-0.2, 0) is 16.1 Å². The molecule has 2 nitrogen and oxygen atoms in total. The minimum atomic E-state index is 0.144. The zero-order chi connectivity index (χ0) is 13.7. The first-order valence-corrected chi connectivity index (χ1v) is 7.24. The number of carbonyl (C=O) groups excluding carboxylic acids is 1. The number of hydrogen-bond donors (Lipinski definition) is 0. The van der Waals surface area contributed by atoms with Crippen LogP contribution in [0.3, 0.4) is 0 Å². The van der Waals surface area contributed by atoms with E-state index in [-0.39, 0.29) is 11.3 Å². The molecular formula is C17H24O2. The van der Waals surface area contributed by atoms with Crippen molar-refractivity contribution in [3.8, 4) is 0 Å². The molecule has 0 spiro atoms. The maximum atomic E-state index is 12.0. The Bertz CT molecular complexity index is 409. The molecule has 0 heterocycles. The molecule has 1 atom stereocenters. The molecule has 0 aliphatic heterocycles. The van der Waals surface area contributed by atoms with Gasteiger partial charge in [-0.3, -0.25) is 4.79 Å². The molecular weight excluding hydrogens is 236 g/mol. The van der Waals surface area contributed by atoms with Crippen molar-refractivity contribution in [2.45, 2.75) is 46.1 Å². The zero-order valence-electron chi connectivity index (χ0n) is 12.0. The number of Topliss-reactive ketones (excluding diaryl/α,β-unsaturated/α-hetero) is 1. The van der Waals surface area contributed by atoms with Crippen LogP contribution in [-0.4, -0.2) is 12.4 Å². The van der Waals surface area contributed by atoms with Crippen LogP contribution in [0, 0.1) is 11.3 Å². The first kappa shape index (κ1) is 14.3. The van der Waals surface area contributed by atoms with Crippen LogP contribution in [0.4, 0.5) is 0 Å². The fraction of sp³-hybridized carbons (Fsp3) is 0.588. The third-order valence-electron chi connectivity index (χ3n) is 4.24. The quantitative estimate of drug-likeness (QED) is 0.748. The van der Waals surface area contributed by atoms with E-state index in [1.165, 1.54) is 5.56 Å². The summed E-state index contributed by atoms with van der Waals surface area (Å²) in [5.74, 6) is 0.608. The van der Waals surface area contributed by atoms with Crippen molar-refractivity contribution in [1.82, 2.24) is 0 Å². The molecule has 0 saturated heterocycles. The Hall–Kier alpha value is -1.15. The van der Waals surface area contributed by atoms with Gasteiger partial charge >= 0.3 is 0 Å². The number of ketones is 1. The Morgan fingerprint density at radius 1 is 1.26 bits per heavy atom. The molecule has 19 heavy (non-hydrogen) atoms. The summed E-state index contributed by atoms with van der Waals surface area (Å²) in [6.07, 6.45) is 3.82. The Morgan fingerprint density at radius 2 is 2.00 bits per heavy atom. The average Bonchev–Trinajstić information content (AvgIpc) is 2.38. The molecule has 0 aromatic heterocycles. The Kier molecular flexibility index (Phi) is 4.76. The fourth-order valence-electron chi connectivity index (χ4n) is 3.02. The highest BCUT2D eigenvalue weighted by Gasteiger charge is 2.37. The van der Waals surface area contributed by atoms with Gasteiger partial charge < -0.3 is 4.74 Å². The second kappa shape index (κ2) is 6.33. The van der Waals surface area contributed by atoms with E-state index >= 15 is 0 Å². The van der Waals surface area contributed by atoms with Crippen LogP contribution in [0.5, 0.6) is 0 Å². The fourth-order valence-corrected chi connectivity index (χ4v) is 3.02. The van der Waals surface area contributed by atoms with Crippen LogP contribution in [0.1, 0.15) is 45.1 Å². The SMILES string of the molecule is CC1(C)CCCC(=O)C1CCOCc1ccccc1. The van der Waals surface area contributed by atoms with E-state index in [9.17, 15) is 4.79 Å². The maximum absolute atomic E-state index is 12.0. The molecule has 1 aliphatic carbocycles. The molecule has 1 aromatic rings. The van der Waals surface area contributed by atoms with E-state index in [1.807, 2.05) is 18.2 Å². The number of hydrogen-bond acceptors (Lipinski definition) is 2. The third kappa shape index (κ3) is 3.90. The molecule has 1 aromatic carbocycles. The van der Waals surface area contributed by atoms with E-state index in [0.717, 1.165) is 25.7 Å². The zero-order valence-corrected chi connectivity index (χ0v) is 12.0. The number of ether oxygens (including phenoxy) is 1. The van der Waals surface area contributed by atoms with Crippen LogP contribution >= 0.6 is 0 Å². The van der Waals surface area contributed by atoms with Crippen molar-refractivity contribution < 1.29 is 9.53 Å². The maximum Gasteiger partial charge on any atom is 0.136 e. The highest BCUT2D eigenvalue weighted by Crippen LogP contribution is 2.40. The van der Waals surface area contributed by atoms with Gasteiger partial charge in [-0.05, 0) is 30.2 Å². The normalized spacial score (nSPS) is 22.4. The van der Waals surface area contributed by atoms with Crippen molar-refractivity contribution in [1.29, 1.82) is 0 Å². The lowest BCUT2D eigenvalue weighted by atomic mass is 9.67. The van der Waals surface area contributed by atoms with Crippen molar-refractivity contribution >= 4 is 5.78 Å². The van der Waals surface area contributed by atoms with Crippen molar-refractivity contribution in [2.24, 2.45) is 11.3 Å². The van der Waals surface area contributed by atoms with Gasteiger partial charge in [0.2, 0.25) is 0 Å². The highest BCUT2D eigenvalue weighted by molar-refractivity contribution is 5.82. The largest absolute Gasteiger partial charge is 0.377 e. The number of rotatable bonds is 5. The van der Waals surface area contributed by atoms with Gasteiger partial charge in [-0.1, -0.05) is 44.2 Å². The molecule has 1 saturated carbocycles. The van der Waals surface area contributed by atoms with Gasteiger partial charge in [0.25, 0.3) is 0 Å². The molecule has 0 radical (unpaired) electrons. The predicted octanol–water partition coefficient (Wildman–Crippen LogP) is 3.99. The topological polar surface area (TPSA) is 26.3 Å². The Labute approximate surface area is 116 Å². The summed E-state index contributed by atoms with van der Waals surface area (Å²) < 4.78 is 5.71. The third-order valence-corrected chi connectivity index (χ3v) is 4.24. The summed E-state index contributed by atoms with van der Waals surface area (Å²) in [5.41, 5.74) is 1.34. The molecule has 0 amide bonds. The second-order valence-corrected chi connectivity index (χ2v) is 6.19. The minimum Gasteiger partial charge on any atom is -0.377 e. The number of benzene rings is 1. The standard InChI is InChI=1S/C17H24O2/c1-17(2)11-6-9-16(18)15(17)10-12-19-13-14-7-4-3-5-8-14/h3-5,7-8,15H,6,9-13H2,1-2H3. The van der Waals surface area contributed by atoms with Gasteiger partial charge in [0.1, 0.15) is 5.78 Å². The van der Waals surface area contributed by atoms with Crippen molar-refractivity contribution in [3.05, 3.63) is 35.9 Å². The number of carbonyl (C=O) groups is 1. The van der Waals surface area contributed by atoms with Crippen LogP contribution < -0.4 is 0 Å². The van der Waals surface area contributed by atoms with Crippen LogP contribution in [0.2, 0.25) is 0 Å². The molecule has 1 aliphatic rings. The van der Waals surface area contributed by atoms with E-state index in [4.69, 9.17) is 4.74 Å². The lowest BCUT2D eigenvalue weighted by Crippen LogP contribution is -2.35. The van der Waals surface area contributed by atoms with E-state index < -0.39 is 0 Å². The summed E-state index contributed by atoms with van der Waals surface area (Å²) >= 11 is 0. The van der Waals surface area contributed by atoms with Gasteiger partial charge in [-0.2, -0.15) is 0 Å². The van der Waals surface area contributed by atoms with Gasteiger partial charge in [0.15, 0.2) is 0 Å². The van der Waals surface area contributed by atoms with Gasteiger partial charge in [-0.25, -0.2) is 0 Å².